The molecule has 2 aromatic rings. The summed E-state index contributed by atoms with van der Waals surface area (Å²) in [4.78, 5) is 22.3. The maximum atomic E-state index is 12.8. The Hall–Kier alpha value is -2.32. The van der Waals surface area contributed by atoms with Gasteiger partial charge < -0.3 is 4.74 Å². The first-order chi connectivity index (χ1) is 12.4. The summed E-state index contributed by atoms with van der Waals surface area (Å²) in [6.45, 7) is 2.74. The zero-order valence-electron chi connectivity index (χ0n) is 13.9. The van der Waals surface area contributed by atoms with E-state index in [0.717, 1.165) is 6.92 Å². The van der Waals surface area contributed by atoms with Crippen LogP contribution in [-0.4, -0.2) is 16.7 Å². The third-order valence-electron chi connectivity index (χ3n) is 3.72. The Balaban J connectivity index is 2.41. The van der Waals surface area contributed by atoms with E-state index in [0.29, 0.717) is 17.7 Å². The number of ketones is 1. The van der Waals surface area contributed by atoms with E-state index in [1.165, 1.54) is 18.2 Å². The fourth-order valence-electron chi connectivity index (χ4n) is 2.19. The zero-order valence-corrected chi connectivity index (χ0v) is 15.4. The maximum Gasteiger partial charge on any atom is 0.416 e. The molecule has 0 aliphatic carbocycles. The van der Waals surface area contributed by atoms with E-state index in [1.54, 1.807) is 6.92 Å². The minimum Gasteiger partial charge on any atom is -0.454 e. The highest BCUT2D eigenvalue weighted by atomic mass is 35.5. The Morgan fingerprint density at radius 2 is 1.74 bits per heavy atom. The molecule has 0 aliphatic rings. The number of carbonyl (C=O) groups excluding carboxylic acids is 1. The van der Waals surface area contributed by atoms with E-state index in [-0.39, 0.29) is 27.1 Å². The summed E-state index contributed by atoms with van der Waals surface area (Å²) < 4.78 is 43.8. The molecule has 0 N–H and O–H groups in total. The number of benzene rings is 2. The van der Waals surface area contributed by atoms with Gasteiger partial charge in [0, 0.05) is 17.4 Å². The lowest BCUT2D eigenvalue weighted by Gasteiger charge is -2.14. The second-order valence-electron chi connectivity index (χ2n) is 5.67. The van der Waals surface area contributed by atoms with Gasteiger partial charge in [-0.3, -0.25) is 14.9 Å². The maximum absolute atomic E-state index is 12.8. The molecule has 0 heterocycles. The van der Waals surface area contributed by atoms with Gasteiger partial charge in [0.2, 0.25) is 5.78 Å². The molecule has 2 aromatic carbocycles. The average molecular weight is 422 g/mol. The SMILES string of the molecule is Cc1ccc(Oc2c(Cl)cc(C(F)(F)F)cc2Cl)cc1C(=O)C(C)[N+](=O)[O-]. The molecule has 0 aromatic heterocycles. The Morgan fingerprint density at radius 1 is 1.19 bits per heavy atom. The van der Waals surface area contributed by atoms with Gasteiger partial charge >= 0.3 is 6.18 Å². The Bertz CT molecular complexity index is 893. The minimum absolute atomic E-state index is 0.0445. The predicted molar refractivity (Wildman–Crippen MR) is 93.5 cm³/mol. The van der Waals surface area contributed by atoms with Crippen LogP contribution in [0.1, 0.15) is 28.4 Å². The molecule has 5 nitrogen and oxygen atoms in total. The number of Topliss-reactive ketones (excluding diaryl/α,β-unsaturated/α-hetero) is 1. The van der Waals surface area contributed by atoms with Gasteiger partial charge in [-0.15, -0.1) is 0 Å². The van der Waals surface area contributed by atoms with Crippen LogP contribution in [0.25, 0.3) is 0 Å². The third-order valence-corrected chi connectivity index (χ3v) is 4.28. The number of aryl methyl sites for hydroxylation is 1. The summed E-state index contributed by atoms with van der Waals surface area (Å²) in [6.07, 6.45) is -4.63. The highest BCUT2D eigenvalue weighted by molar-refractivity contribution is 6.37. The van der Waals surface area contributed by atoms with E-state index in [9.17, 15) is 28.1 Å². The van der Waals surface area contributed by atoms with E-state index in [2.05, 4.69) is 0 Å². The average Bonchev–Trinajstić information content (AvgIpc) is 2.57. The van der Waals surface area contributed by atoms with Crippen molar-refractivity contribution in [3.63, 3.8) is 0 Å². The second kappa shape index (κ2) is 7.74. The van der Waals surface area contributed by atoms with Gasteiger partial charge in [0.25, 0.3) is 6.04 Å². The zero-order chi connectivity index (χ0) is 20.5. The molecule has 0 aliphatic heterocycles. The van der Waals surface area contributed by atoms with Gasteiger partial charge in [0.05, 0.1) is 15.6 Å². The number of hydrogen-bond acceptors (Lipinski definition) is 4. The van der Waals surface area contributed by atoms with Crippen molar-refractivity contribution < 1.29 is 27.6 Å². The molecule has 0 fully saturated rings. The number of rotatable bonds is 5. The summed E-state index contributed by atoms with van der Waals surface area (Å²) in [5, 5.41) is 10.1. The quantitative estimate of drug-likeness (QED) is 0.339. The predicted octanol–water partition coefficient (Wildman–Crippen LogP) is 5.96. The molecule has 27 heavy (non-hydrogen) atoms. The van der Waals surface area contributed by atoms with Crippen LogP contribution < -0.4 is 4.74 Å². The van der Waals surface area contributed by atoms with Crippen molar-refractivity contribution in [1.29, 1.82) is 0 Å². The van der Waals surface area contributed by atoms with Crippen molar-refractivity contribution in [3.8, 4) is 11.5 Å². The molecule has 2 rings (SSSR count). The van der Waals surface area contributed by atoms with Gasteiger partial charge in [0.1, 0.15) is 5.75 Å². The Kier molecular flexibility index (Phi) is 6.01. The fourth-order valence-corrected chi connectivity index (χ4v) is 2.75. The molecule has 0 bridgehead atoms. The monoisotopic (exact) mass is 421 g/mol. The van der Waals surface area contributed by atoms with Gasteiger partial charge in [-0.2, -0.15) is 13.2 Å². The summed E-state index contributed by atoms with van der Waals surface area (Å²) in [6, 6.07) is 4.05. The number of nitro groups is 1. The summed E-state index contributed by atoms with van der Waals surface area (Å²) >= 11 is 11.7. The Labute approximate surface area is 161 Å². The highest BCUT2D eigenvalue weighted by Crippen LogP contribution is 2.41. The highest BCUT2D eigenvalue weighted by Gasteiger charge is 2.32. The number of carbonyl (C=O) groups is 1. The number of alkyl halides is 3. The molecular formula is C17H12Cl2F3NO4. The number of halogens is 5. The van der Waals surface area contributed by atoms with Gasteiger partial charge in [0.15, 0.2) is 5.75 Å². The van der Waals surface area contributed by atoms with Crippen molar-refractivity contribution in [2.45, 2.75) is 26.1 Å². The summed E-state index contributed by atoms with van der Waals surface area (Å²) in [7, 11) is 0. The summed E-state index contributed by atoms with van der Waals surface area (Å²) in [5.41, 5.74) is -0.508. The second-order valence-corrected chi connectivity index (χ2v) is 6.49. The molecular weight excluding hydrogens is 410 g/mol. The van der Waals surface area contributed by atoms with Crippen molar-refractivity contribution >= 4 is 29.0 Å². The van der Waals surface area contributed by atoms with Crippen LogP contribution in [0.5, 0.6) is 11.5 Å². The number of hydrogen-bond donors (Lipinski definition) is 0. The van der Waals surface area contributed by atoms with Crippen molar-refractivity contribution in [3.05, 3.63) is 67.2 Å². The molecule has 0 saturated carbocycles. The smallest absolute Gasteiger partial charge is 0.416 e. The van der Waals surface area contributed by atoms with Crippen molar-refractivity contribution in [2.24, 2.45) is 0 Å². The molecule has 1 atom stereocenters. The molecule has 0 amide bonds. The van der Waals surface area contributed by atoms with Crippen LogP contribution in [-0.2, 0) is 6.18 Å². The van der Waals surface area contributed by atoms with Crippen LogP contribution in [0.3, 0.4) is 0 Å². The topological polar surface area (TPSA) is 69.4 Å². The van der Waals surface area contributed by atoms with Crippen LogP contribution in [0.15, 0.2) is 30.3 Å². The number of ether oxygens (including phenoxy) is 1. The first kappa shape index (κ1) is 21.0. The van der Waals surface area contributed by atoms with Crippen molar-refractivity contribution in [2.75, 3.05) is 0 Å². The number of nitrogens with zero attached hydrogens (tertiary/aromatic N) is 1. The molecule has 0 radical (unpaired) electrons. The van der Waals surface area contributed by atoms with Gasteiger partial charge in [-0.05, 0) is 36.8 Å². The lowest BCUT2D eigenvalue weighted by molar-refractivity contribution is -0.500. The minimum atomic E-state index is -4.63. The lowest BCUT2D eigenvalue weighted by atomic mass is 10.0. The van der Waals surface area contributed by atoms with E-state index in [4.69, 9.17) is 27.9 Å². The standard InChI is InChI=1S/C17H12Cl2F3NO4/c1-8-3-4-11(7-12(8)15(24)9(2)23(25)26)27-16-13(18)5-10(6-14(16)19)17(20,21)22/h3-7,9H,1-2H3. The molecule has 0 spiro atoms. The van der Waals surface area contributed by atoms with Crippen LogP contribution in [0.4, 0.5) is 13.2 Å². The Morgan fingerprint density at radius 3 is 2.22 bits per heavy atom. The fraction of sp³-hybridized carbons (Fsp3) is 0.235. The van der Waals surface area contributed by atoms with E-state index in [1.807, 2.05) is 0 Å². The van der Waals surface area contributed by atoms with E-state index >= 15 is 0 Å². The summed E-state index contributed by atoms with van der Waals surface area (Å²) in [5.74, 6) is -0.911. The lowest BCUT2D eigenvalue weighted by Crippen LogP contribution is -2.26. The molecule has 0 saturated heterocycles. The first-order valence-corrected chi connectivity index (χ1v) is 8.20. The normalized spacial score (nSPS) is 12.6. The van der Waals surface area contributed by atoms with Crippen LogP contribution in [0, 0.1) is 17.0 Å². The largest absolute Gasteiger partial charge is 0.454 e. The molecule has 144 valence electrons. The van der Waals surface area contributed by atoms with Crippen LogP contribution in [0.2, 0.25) is 10.0 Å². The van der Waals surface area contributed by atoms with Crippen LogP contribution >= 0.6 is 23.2 Å². The molecule has 1 unspecified atom stereocenters. The molecule has 10 heteroatoms. The van der Waals surface area contributed by atoms with E-state index < -0.39 is 28.5 Å². The van der Waals surface area contributed by atoms with Crippen molar-refractivity contribution in [1.82, 2.24) is 0 Å². The first-order valence-electron chi connectivity index (χ1n) is 7.44. The third kappa shape index (κ3) is 4.70. The van der Waals surface area contributed by atoms with Gasteiger partial charge in [-0.1, -0.05) is 29.3 Å². The van der Waals surface area contributed by atoms with Gasteiger partial charge in [-0.25, -0.2) is 0 Å².